The summed E-state index contributed by atoms with van der Waals surface area (Å²) in [5, 5.41) is 0. The molecule has 0 N–H and O–H groups in total. The predicted molar refractivity (Wildman–Crippen MR) is 95.3 cm³/mol. The quantitative estimate of drug-likeness (QED) is 0.670. The molecule has 0 amide bonds. The summed E-state index contributed by atoms with van der Waals surface area (Å²) < 4.78 is 6.32. The highest BCUT2D eigenvalue weighted by atomic mass is 16.5. The summed E-state index contributed by atoms with van der Waals surface area (Å²) in [6, 6.07) is 16.6. The average molecular weight is 320 g/mol. The van der Waals surface area contributed by atoms with E-state index in [-0.39, 0.29) is 5.41 Å². The van der Waals surface area contributed by atoms with Gasteiger partial charge >= 0.3 is 0 Å². The van der Waals surface area contributed by atoms with Crippen molar-refractivity contribution in [2.75, 3.05) is 0 Å². The summed E-state index contributed by atoms with van der Waals surface area (Å²) in [5.74, 6) is 2.23. The molecular formula is C22H24O2. The largest absolute Gasteiger partial charge is 0.488 e. The van der Waals surface area contributed by atoms with Crippen molar-refractivity contribution in [2.24, 2.45) is 5.92 Å². The number of hydrogen-bond acceptors (Lipinski definition) is 2. The average Bonchev–Trinajstić information content (AvgIpc) is 3.53. The second-order valence-electron chi connectivity index (χ2n) is 7.40. The monoisotopic (exact) mass is 320 g/mol. The van der Waals surface area contributed by atoms with Crippen LogP contribution in [0.4, 0.5) is 0 Å². The van der Waals surface area contributed by atoms with Crippen LogP contribution in [0.2, 0.25) is 0 Å². The van der Waals surface area contributed by atoms with Crippen LogP contribution in [-0.2, 0) is 16.8 Å². The first-order valence-corrected chi connectivity index (χ1v) is 9.00. The highest BCUT2D eigenvalue weighted by Gasteiger charge is 2.47. The molecule has 24 heavy (non-hydrogen) atoms. The molecule has 2 nitrogen and oxygen atoms in total. The maximum atomic E-state index is 11.7. The maximum Gasteiger partial charge on any atom is 0.130 e. The Morgan fingerprint density at radius 3 is 2.50 bits per heavy atom. The Labute approximate surface area is 143 Å². The normalized spacial score (nSPS) is 19.5. The van der Waals surface area contributed by atoms with Crippen LogP contribution in [0.3, 0.4) is 0 Å². The molecule has 2 aromatic carbocycles. The van der Waals surface area contributed by atoms with E-state index in [0.717, 1.165) is 41.9 Å². The topological polar surface area (TPSA) is 26.3 Å². The first-order valence-electron chi connectivity index (χ1n) is 9.00. The zero-order chi connectivity index (χ0) is 16.6. The molecule has 0 radical (unpaired) electrons. The van der Waals surface area contributed by atoms with Gasteiger partial charge in [0.25, 0.3) is 0 Å². The number of ether oxygens (including phenoxy) is 1. The number of hydrogen-bond donors (Lipinski definition) is 0. The number of aldehydes is 1. The summed E-state index contributed by atoms with van der Waals surface area (Å²) in [4.78, 5) is 11.7. The molecule has 2 heteroatoms. The lowest BCUT2D eigenvalue weighted by Gasteiger charge is -2.22. The van der Waals surface area contributed by atoms with E-state index < -0.39 is 0 Å². The predicted octanol–water partition coefficient (Wildman–Crippen LogP) is 5.01. The molecule has 1 atom stereocenters. The first-order chi connectivity index (χ1) is 11.7. The summed E-state index contributed by atoms with van der Waals surface area (Å²) in [6.07, 6.45) is 5.63. The lowest BCUT2D eigenvalue weighted by Crippen LogP contribution is -2.13. The molecule has 1 unspecified atom stereocenters. The molecule has 2 aliphatic carbocycles. The fraction of sp³-hybridized carbons (Fsp3) is 0.409. The fourth-order valence-electron chi connectivity index (χ4n) is 3.63. The van der Waals surface area contributed by atoms with Gasteiger partial charge in [0.15, 0.2) is 0 Å². The van der Waals surface area contributed by atoms with Gasteiger partial charge in [-0.1, -0.05) is 55.5 Å². The van der Waals surface area contributed by atoms with Gasteiger partial charge in [0.05, 0.1) is 5.41 Å². The molecule has 124 valence electrons. The highest BCUT2D eigenvalue weighted by molar-refractivity contribution is 5.75. The second-order valence-corrected chi connectivity index (χ2v) is 7.40. The van der Waals surface area contributed by atoms with E-state index in [1.54, 1.807) is 0 Å². The lowest BCUT2D eigenvalue weighted by atomic mass is 9.88. The molecule has 2 aliphatic rings. The van der Waals surface area contributed by atoms with E-state index in [9.17, 15) is 4.79 Å². The molecular weight excluding hydrogens is 296 g/mol. The van der Waals surface area contributed by atoms with Gasteiger partial charge in [-0.2, -0.15) is 0 Å². The number of carbonyl (C=O) groups is 1. The summed E-state index contributed by atoms with van der Waals surface area (Å²) >= 11 is 0. The van der Waals surface area contributed by atoms with Gasteiger partial charge in [-0.15, -0.1) is 0 Å². The van der Waals surface area contributed by atoms with Crippen molar-refractivity contribution < 1.29 is 9.53 Å². The van der Waals surface area contributed by atoms with Gasteiger partial charge in [0.2, 0.25) is 0 Å². The van der Waals surface area contributed by atoms with Gasteiger partial charge in [-0.3, -0.25) is 0 Å². The smallest absolute Gasteiger partial charge is 0.130 e. The summed E-state index contributed by atoms with van der Waals surface area (Å²) in [6.45, 7) is 2.85. The van der Waals surface area contributed by atoms with Crippen molar-refractivity contribution in [1.82, 2.24) is 0 Å². The fourth-order valence-corrected chi connectivity index (χ4v) is 3.63. The van der Waals surface area contributed by atoms with Gasteiger partial charge in [-0.05, 0) is 48.6 Å². The Hall–Kier alpha value is -2.09. The van der Waals surface area contributed by atoms with Crippen molar-refractivity contribution in [1.29, 1.82) is 0 Å². The van der Waals surface area contributed by atoms with E-state index in [1.165, 1.54) is 18.4 Å². The van der Waals surface area contributed by atoms with Gasteiger partial charge in [0, 0.05) is 5.56 Å². The Morgan fingerprint density at radius 2 is 1.88 bits per heavy atom. The zero-order valence-corrected chi connectivity index (χ0v) is 14.2. The lowest BCUT2D eigenvalue weighted by molar-refractivity contribution is -0.109. The molecule has 2 aromatic rings. The Kier molecular flexibility index (Phi) is 3.91. The molecule has 4 rings (SSSR count). The third kappa shape index (κ3) is 2.86. The number of para-hydroxylation sites is 1. The maximum absolute atomic E-state index is 11.7. The summed E-state index contributed by atoms with van der Waals surface area (Å²) in [7, 11) is 0. The van der Waals surface area contributed by atoms with E-state index in [4.69, 9.17) is 4.74 Å². The van der Waals surface area contributed by atoms with Crippen LogP contribution >= 0.6 is 0 Å². The van der Waals surface area contributed by atoms with E-state index in [1.807, 2.05) is 18.2 Å². The summed E-state index contributed by atoms with van der Waals surface area (Å²) in [5.41, 5.74) is 3.23. The minimum atomic E-state index is -0.300. The number of carbonyl (C=O) groups excluding carboxylic acids is 1. The Bertz CT molecular complexity index is 727. The van der Waals surface area contributed by atoms with Crippen molar-refractivity contribution in [3.8, 4) is 5.75 Å². The molecule has 0 aliphatic heterocycles. The molecule has 0 spiro atoms. The SMILES string of the molecule is CC(c1cccc(C2(C=O)CC2)c1OCc1ccccc1)C1CC1. The van der Waals surface area contributed by atoms with Crippen molar-refractivity contribution in [3.63, 3.8) is 0 Å². The van der Waals surface area contributed by atoms with Crippen LogP contribution in [0.5, 0.6) is 5.75 Å². The standard InChI is InChI=1S/C22H24O2/c1-16(18-10-11-18)19-8-5-9-20(22(15-23)12-13-22)21(19)24-14-17-6-3-2-4-7-17/h2-9,15-16,18H,10-14H2,1H3. The Balaban J connectivity index is 1.69. The van der Waals surface area contributed by atoms with Gasteiger partial charge in [-0.25, -0.2) is 0 Å². The second kappa shape index (κ2) is 6.08. The molecule has 0 aromatic heterocycles. The molecule has 0 bridgehead atoms. The number of benzene rings is 2. The van der Waals surface area contributed by atoms with Crippen LogP contribution in [0.25, 0.3) is 0 Å². The van der Waals surface area contributed by atoms with E-state index in [0.29, 0.717) is 12.5 Å². The van der Waals surface area contributed by atoms with E-state index in [2.05, 4.69) is 37.3 Å². The molecule has 0 heterocycles. The minimum Gasteiger partial charge on any atom is -0.488 e. The van der Waals surface area contributed by atoms with Crippen molar-refractivity contribution in [2.45, 2.75) is 50.5 Å². The van der Waals surface area contributed by atoms with Gasteiger partial charge in [0.1, 0.15) is 18.6 Å². The minimum absolute atomic E-state index is 0.300. The van der Waals surface area contributed by atoms with Crippen molar-refractivity contribution >= 4 is 6.29 Å². The zero-order valence-electron chi connectivity index (χ0n) is 14.2. The van der Waals surface area contributed by atoms with Crippen LogP contribution in [0, 0.1) is 5.92 Å². The number of rotatable bonds is 7. The third-order valence-corrected chi connectivity index (χ3v) is 5.64. The Morgan fingerprint density at radius 1 is 1.12 bits per heavy atom. The molecule has 2 saturated carbocycles. The van der Waals surface area contributed by atoms with Crippen LogP contribution < -0.4 is 4.74 Å². The van der Waals surface area contributed by atoms with Crippen molar-refractivity contribution in [3.05, 3.63) is 65.2 Å². The third-order valence-electron chi connectivity index (χ3n) is 5.64. The highest BCUT2D eigenvalue weighted by Crippen LogP contribution is 2.53. The van der Waals surface area contributed by atoms with Crippen LogP contribution in [0.15, 0.2) is 48.5 Å². The first kappa shape index (κ1) is 15.4. The van der Waals surface area contributed by atoms with Crippen LogP contribution in [-0.4, -0.2) is 6.29 Å². The molecule has 0 saturated heterocycles. The van der Waals surface area contributed by atoms with Crippen LogP contribution in [0.1, 0.15) is 55.2 Å². The van der Waals surface area contributed by atoms with Gasteiger partial charge < -0.3 is 9.53 Å². The molecule has 2 fully saturated rings. The van der Waals surface area contributed by atoms with E-state index >= 15 is 0 Å².